The van der Waals surface area contributed by atoms with E-state index in [0.717, 1.165) is 0 Å². The van der Waals surface area contributed by atoms with Gasteiger partial charge in [-0.2, -0.15) is 0 Å². The number of carboxylic acid groups (broad SMARTS) is 1. The van der Waals surface area contributed by atoms with Crippen molar-refractivity contribution in [2.75, 3.05) is 5.32 Å². The molecule has 15 heavy (non-hydrogen) atoms. The molecule has 0 saturated heterocycles. The number of nitrogens with zero attached hydrogens (tertiary/aromatic N) is 2. The average molecular weight is 205 g/mol. The first-order valence-electron chi connectivity index (χ1n) is 4.34. The number of terminal acetylenes is 1. The number of hydrogen-bond donors (Lipinski definition) is 2. The van der Waals surface area contributed by atoms with E-state index < -0.39 is 5.97 Å². The summed E-state index contributed by atoms with van der Waals surface area (Å²) in [5, 5.41) is 11.7. The molecule has 1 atom stereocenters. The molecule has 0 aliphatic heterocycles. The highest BCUT2D eigenvalue weighted by molar-refractivity contribution is 5.92. The molecule has 5 heteroatoms. The van der Waals surface area contributed by atoms with Crippen molar-refractivity contribution in [3.63, 3.8) is 0 Å². The zero-order valence-corrected chi connectivity index (χ0v) is 8.48. The SMILES string of the molecule is C#CC(C)Nc1nc(C)ncc1C(=O)O. The molecule has 1 rings (SSSR count). The predicted octanol–water partition coefficient (Wildman–Crippen LogP) is 0.917. The van der Waals surface area contributed by atoms with Gasteiger partial charge < -0.3 is 10.4 Å². The lowest BCUT2D eigenvalue weighted by atomic mass is 10.2. The van der Waals surface area contributed by atoms with Crippen LogP contribution in [0.1, 0.15) is 23.1 Å². The quantitative estimate of drug-likeness (QED) is 0.717. The van der Waals surface area contributed by atoms with Crippen molar-refractivity contribution in [3.8, 4) is 12.3 Å². The number of aromatic nitrogens is 2. The van der Waals surface area contributed by atoms with E-state index in [9.17, 15) is 4.79 Å². The van der Waals surface area contributed by atoms with E-state index in [4.69, 9.17) is 11.5 Å². The van der Waals surface area contributed by atoms with Crippen LogP contribution in [0.25, 0.3) is 0 Å². The Morgan fingerprint density at radius 1 is 1.73 bits per heavy atom. The molecule has 2 N–H and O–H groups in total. The summed E-state index contributed by atoms with van der Waals surface area (Å²) in [6, 6.07) is -0.280. The van der Waals surface area contributed by atoms with Crippen LogP contribution in [0.3, 0.4) is 0 Å². The lowest BCUT2D eigenvalue weighted by molar-refractivity contribution is 0.0697. The Hall–Kier alpha value is -2.09. The van der Waals surface area contributed by atoms with Crippen LogP contribution in [-0.2, 0) is 0 Å². The standard InChI is InChI=1S/C10H11N3O2/c1-4-6(2)12-9-8(10(14)15)5-11-7(3)13-9/h1,5-6H,2-3H3,(H,14,15)(H,11,12,13). The summed E-state index contributed by atoms with van der Waals surface area (Å²) in [4.78, 5) is 18.6. The molecule has 0 radical (unpaired) electrons. The molecule has 0 spiro atoms. The number of anilines is 1. The third-order valence-corrected chi connectivity index (χ3v) is 1.74. The minimum Gasteiger partial charge on any atom is -0.477 e. The van der Waals surface area contributed by atoms with E-state index in [0.29, 0.717) is 5.82 Å². The first kappa shape index (κ1) is 11.0. The number of carboxylic acids is 1. The summed E-state index contributed by atoms with van der Waals surface area (Å²) < 4.78 is 0. The molecule has 0 aliphatic rings. The van der Waals surface area contributed by atoms with Crippen molar-refractivity contribution in [1.29, 1.82) is 0 Å². The smallest absolute Gasteiger partial charge is 0.341 e. The van der Waals surface area contributed by atoms with Crippen molar-refractivity contribution in [1.82, 2.24) is 9.97 Å². The Bertz CT molecular complexity index is 423. The summed E-state index contributed by atoms with van der Waals surface area (Å²) in [5.74, 6) is 2.10. The second kappa shape index (κ2) is 4.42. The third-order valence-electron chi connectivity index (χ3n) is 1.74. The fourth-order valence-corrected chi connectivity index (χ4v) is 0.983. The monoisotopic (exact) mass is 205 g/mol. The number of nitrogens with one attached hydrogen (secondary N) is 1. The van der Waals surface area contributed by atoms with Crippen LogP contribution < -0.4 is 5.32 Å². The first-order chi connectivity index (χ1) is 7.04. The van der Waals surface area contributed by atoms with Crippen LogP contribution in [0, 0.1) is 19.3 Å². The van der Waals surface area contributed by atoms with Gasteiger partial charge in [-0.25, -0.2) is 14.8 Å². The fraction of sp³-hybridized carbons (Fsp3) is 0.300. The van der Waals surface area contributed by atoms with Gasteiger partial charge in [0.2, 0.25) is 0 Å². The summed E-state index contributed by atoms with van der Waals surface area (Å²) in [7, 11) is 0. The van der Waals surface area contributed by atoms with Crippen LogP contribution in [0.5, 0.6) is 0 Å². The van der Waals surface area contributed by atoms with Gasteiger partial charge >= 0.3 is 5.97 Å². The fourth-order valence-electron chi connectivity index (χ4n) is 0.983. The molecular formula is C10H11N3O2. The number of hydrogen-bond acceptors (Lipinski definition) is 4. The van der Waals surface area contributed by atoms with E-state index in [1.54, 1.807) is 13.8 Å². The van der Waals surface area contributed by atoms with E-state index in [1.807, 2.05) is 0 Å². The summed E-state index contributed by atoms with van der Waals surface area (Å²) >= 11 is 0. The van der Waals surface area contributed by atoms with Gasteiger partial charge in [0.15, 0.2) is 0 Å². The highest BCUT2D eigenvalue weighted by Gasteiger charge is 2.13. The maximum Gasteiger partial charge on any atom is 0.341 e. The van der Waals surface area contributed by atoms with Crippen LogP contribution in [0.2, 0.25) is 0 Å². The minimum atomic E-state index is -1.08. The van der Waals surface area contributed by atoms with E-state index in [-0.39, 0.29) is 17.4 Å². The summed E-state index contributed by atoms with van der Waals surface area (Å²) in [6.45, 7) is 3.42. The molecule has 1 unspecified atom stereocenters. The van der Waals surface area contributed by atoms with Gasteiger partial charge in [0.1, 0.15) is 17.2 Å². The van der Waals surface area contributed by atoms with Crippen molar-refractivity contribution >= 4 is 11.8 Å². The predicted molar refractivity (Wildman–Crippen MR) is 55.6 cm³/mol. The van der Waals surface area contributed by atoms with Gasteiger partial charge in [-0.1, -0.05) is 5.92 Å². The van der Waals surface area contributed by atoms with Crippen molar-refractivity contribution in [2.45, 2.75) is 19.9 Å². The highest BCUT2D eigenvalue weighted by atomic mass is 16.4. The Morgan fingerprint density at radius 2 is 2.40 bits per heavy atom. The summed E-state index contributed by atoms with van der Waals surface area (Å²) in [6.07, 6.45) is 6.44. The van der Waals surface area contributed by atoms with Crippen molar-refractivity contribution in [2.24, 2.45) is 0 Å². The van der Waals surface area contributed by atoms with E-state index in [2.05, 4.69) is 21.2 Å². The summed E-state index contributed by atoms with van der Waals surface area (Å²) in [5.41, 5.74) is 0.0164. The number of aryl methyl sites for hydroxylation is 1. The molecule has 1 aromatic rings. The molecule has 0 fully saturated rings. The molecule has 5 nitrogen and oxygen atoms in total. The molecule has 0 aliphatic carbocycles. The Kier molecular flexibility index (Phi) is 3.24. The normalized spacial score (nSPS) is 11.5. The molecule has 78 valence electrons. The van der Waals surface area contributed by atoms with Crippen LogP contribution in [0.15, 0.2) is 6.20 Å². The average Bonchev–Trinajstić information content (AvgIpc) is 2.17. The Labute approximate surface area is 87.6 Å². The van der Waals surface area contributed by atoms with E-state index >= 15 is 0 Å². The van der Waals surface area contributed by atoms with Gasteiger partial charge in [-0.05, 0) is 13.8 Å². The number of aromatic carboxylic acids is 1. The maximum atomic E-state index is 10.8. The maximum absolute atomic E-state index is 10.8. The van der Waals surface area contributed by atoms with Gasteiger partial charge in [0.25, 0.3) is 0 Å². The first-order valence-corrected chi connectivity index (χ1v) is 4.34. The molecule has 1 heterocycles. The molecule has 1 aromatic heterocycles. The van der Waals surface area contributed by atoms with Crippen LogP contribution in [0.4, 0.5) is 5.82 Å². The third kappa shape index (κ3) is 2.68. The van der Waals surface area contributed by atoms with Crippen molar-refractivity contribution in [3.05, 3.63) is 17.6 Å². The zero-order valence-electron chi connectivity index (χ0n) is 8.48. The second-order valence-corrected chi connectivity index (χ2v) is 3.02. The number of rotatable bonds is 3. The molecule has 0 bridgehead atoms. The Morgan fingerprint density at radius 3 is 2.93 bits per heavy atom. The highest BCUT2D eigenvalue weighted by Crippen LogP contribution is 2.12. The topological polar surface area (TPSA) is 75.1 Å². The van der Waals surface area contributed by atoms with Crippen LogP contribution in [-0.4, -0.2) is 27.1 Å². The molecule has 0 amide bonds. The lowest BCUT2D eigenvalue weighted by Crippen LogP contribution is -2.17. The van der Waals surface area contributed by atoms with Crippen LogP contribution >= 0.6 is 0 Å². The number of carbonyl (C=O) groups is 1. The van der Waals surface area contributed by atoms with E-state index in [1.165, 1.54) is 6.20 Å². The van der Waals surface area contributed by atoms with Gasteiger partial charge in [0, 0.05) is 6.20 Å². The molecule has 0 aromatic carbocycles. The largest absolute Gasteiger partial charge is 0.477 e. The van der Waals surface area contributed by atoms with Gasteiger partial charge in [0.05, 0.1) is 6.04 Å². The van der Waals surface area contributed by atoms with Gasteiger partial charge in [-0.3, -0.25) is 0 Å². The molecule has 0 saturated carbocycles. The minimum absolute atomic E-state index is 0.0164. The van der Waals surface area contributed by atoms with Crippen molar-refractivity contribution < 1.29 is 9.90 Å². The van der Waals surface area contributed by atoms with Gasteiger partial charge in [-0.15, -0.1) is 6.42 Å². The molecular weight excluding hydrogens is 194 g/mol. The second-order valence-electron chi connectivity index (χ2n) is 3.02. The Balaban J connectivity index is 3.08. The lowest BCUT2D eigenvalue weighted by Gasteiger charge is -2.10. The zero-order chi connectivity index (χ0) is 11.4.